The zero-order valence-corrected chi connectivity index (χ0v) is 11.3. The SMILES string of the molecule is CC(c1cccc2ccccc12)N1CCC(=O)CC1. The summed E-state index contributed by atoms with van der Waals surface area (Å²) in [6, 6.07) is 15.4. The van der Waals surface area contributed by atoms with Crippen LogP contribution in [-0.4, -0.2) is 23.8 Å². The molecule has 19 heavy (non-hydrogen) atoms. The fraction of sp³-hybridized carbons (Fsp3) is 0.353. The van der Waals surface area contributed by atoms with Gasteiger partial charge in [-0.1, -0.05) is 42.5 Å². The molecule has 2 aromatic rings. The Bertz CT molecular complexity index is 590. The summed E-state index contributed by atoms with van der Waals surface area (Å²) in [4.78, 5) is 13.8. The van der Waals surface area contributed by atoms with E-state index in [2.05, 4.69) is 54.3 Å². The van der Waals surface area contributed by atoms with E-state index in [0.29, 0.717) is 24.7 Å². The summed E-state index contributed by atoms with van der Waals surface area (Å²) in [6.07, 6.45) is 1.41. The molecule has 1 aliphatic rings. The van der Waals surface area contributed by atoms with Gasteiger partial charge >= 0.3 is 0 Å². The second-order valence-electron chi connectivity index (χ2n) is 5.32. The van der Waals surface area contributed by atoms with E-state index in [9.17, 15) is 4.79 Å². The highest BCUT2D eigenvalue weighted by molar-refractivity contribution is 5.86. The van der Waals surface area contributed by atoms with Crippen LogP contribution >= 0.6 is 0 Å². The minimum atomic E-state index is 0.374. The number of likely N-dealkylation sites (tertiary alicyclic amines) is 1. The fourth-order valence-corrected chi connectivity index (χ4v) is 2.97. The molecule has 0 aromatic heterocycles. The number of piperidine rings is 1. The van der Waals surface area contributed by atoms with Crippen LogP contribution in [-0.2, 0) is 4.79 Å². The topological polar surface area (TPSA) is 20.3 Å². The van der Waals surface area contributed by atoms with Gasteiger partial charge in [-0.3, -0.25) is 9.69 Å². The first-order valence-corrected chi connectivity index (χ1v) is 6.99. The summed E-state index contributed by atoms with van der Waals surface area (Å²) >= 11 is 0. The van der Waals surface area contributed by atoms with Crippen molar-refractivity contribution in [3.63, 3.8) is 0 Å². The molecular weight excluding hydrogens is 234 g/mol. The van der Waals surface area contributed by atoms with Crippen LogP contribution in [0.2, 0.25) is 0 Å². The van der Waals surface area contributed by atoms with E-state index < -0.39 is 0 Å². The lowest BCUT2D eigenvalue weighted by atomic mass is 9.97. The number of rotatable bonds is 2. The molecule has 2 aromatic carbocycles. The van der Waals surface area contributed by atoms with Crippen LogP contribution in [0.15, 0.2) is 42.5 Å². The highest BCUT2D eigenvalue weighted by Crippen LogP contribution is 2.29. The average Bonchev–Trinajstić information content (AvgIpc) is 2.47. The molecule has 1 saturated heterocycles. The molecule has 3 rings (SSSR count). The van der Waals surface area contributed by atoms with Gasteiger partial charge in [0.1, 0.15) is 5.78 Å². The Kier molecular flexibility index (Phi) is 3.34. The Balaban J connectivity index is 1.93. The van der Waals surface area contributed by atoms with Crippen molar-refractivity contribution in [2.45, 2.75) is 25.8 Å². The van der Waals surface area contributed by atoms with Crippen molar-refractivity contribution in [2.24, 2.45) is 0 Å². The first-order valence-electron chi connectivity index (χ1n) is 6.99. The van der Waals surface area contributed by atoms with Gasteiger partial charge in [0.05, 0.1) is 0 Å². The summed E-state index contributed by atoms with van der Waals surface area (Å²) in [6.45, 7) is 4.03. The van der Waals surface area contributed by atoms with Crippen molar-refractivity contribution in [1.82, 2.24) is 4.90 Å². The molecule has 1 heterocycles. The molecule has 1 atom stereocenters. The van der Waals surface area contributed by atoms with Crippen molar-refractivity contribution in [2.75, 3.05) is 13.1 Å². The van der Waals surface area contributed by atoms with Gasteiger partial charge in [-0.2, -0.15) is 0 Å². The molecule has 2 nitrogen and oxygen atoms in total. The Morgan fingerprint density at radius 2 is 1.68 bits per heavy atom. The van der Waals surface area contributed by atoms with Crippen molar-refractivity contribution < 1.29 is 4.79 Å². The van der Waals surface area contributed by atoms with Crippen LogP contribution in [0, 0.1) is 0 Å². The van der Waals surface area contributed by atoms with Gasteiger partial charge in [-0.05, 0) is 23.3 Å². The Morgan fingerprint density at radius 1 is 1.00 bits per heavy atom. The third-order valence-electron chi connectivity index (χ3n) is 4.18. The number of ketones is 1. The summed E-state index contributed by atoms with van der Waals surface area (Å²) in [5.74, 6) is 0.404. The predicted octanol–water partition coefficient (Wildman–Crippen LogP) is 3.57. The lowest BCUT2D eigenvalue weighted by Crippen LogP contribution is -2.35. The third kappa shape index (κ3) is 2.41. The minimum Gasteiger partial charge on any atom is -0.300 e. The first-order chi connectivity index (χ1) is 9.25. The van der Waals surface area contributed by atoms with Gasteiger partial charge in [0.25, 0.3) is 0 Å². The highest BCUT2D eigenvalue weighted by atomic mass is 16.1. The molecule has 1 unspecified atom stereocenters. The van der Waals surface area contributed by atoms with Crippen molar-refractivity contribution in [1.29, 1.82) is 0 Å². The molecule has 0 amide bonds. The highest BCUT2D eigenvalue weighted by Gasteiger charge is 2.22. The number of Topliss-reactive ketones (excluding diaryl/α,β-unsaturated/α-hetero) is 1. The predicted molar refractivity (Wildman–Crippen MR) is 78.2 cm³/mol. The Hall–Kier alpha value is -1.67. The summed E-state index contributed by atoms with van der Waals surface area (Å²) in [7, 11) is 0. The second-order valence-corrected chi connectivity index (χ2v) is 5.32. The number of carbonyl (C=O) groups is 1. The molecule has 0 radical (unpaired) electrons. The van der Waals surface area contributed by atoms with E-state index in [4.69, 9.17) is 0 Å². The van der Waals surface area contributed by atoms with Crippen LogP contribution in [0.5, 0.6) is 0 Å². The van der Waals surface area contributed by atoms with Gasteiger partial charge < -0.3 is 0 Å². The van der Waals surface area contributed by atoms with Gasteiger partial charge in [0, 0.05) is 32.0 Å². The van der Waals surface area contributed by atoms with E-state index in [1.807, 2.05) is 0 Å². The smallest absolute Gasteiger partial charge is 0.135 e. The maximum atomic E-state index is 11.4. The molecule has 1 fully saturated rings. The normalized spacial score (nSPS) is 18.7. The molecule has 98 valence electrons. The van der Waals surface area contributed by atoms with Gasteiger partial charge in [0.15, 0.2) is 0 Å². The molecule has 0 spiro atoms. The van der Waals surface area contributed by atoms with Crippen LogP contribution in [0.1, 0.15) is 31.4 Å². The molecular formula is C17H19NO. The number of carbonyl (C=O) groups excluding carboxylic acids is 1. The fourth-order valence-electron chi connectivity index (χ4n) is 2.97. The van der Waals surface area contributed by atoms with Crippen LogP contribution in [0.25, 0.3) is 10.8 Å². The number of fused-ring (bicyclic) bond motifs is 1. The van der Waals surface area contributed by atoms with E-state index >= 15 is 0 Å². The standard InChI is InChI=1S/C17H19NO/c1-13(18-11-9-15(19)10-12-18)16-8-4-6-14-5-2-3-7-17(14)16/h2-8,13H,9-12H2,1H3. The third-order valence-corrected chi connectivity index (χ3v) is 4.18. The van der Waals surface area contributed by atoms with E-state index in [1.165, 1.54) is 16.3 Å². The number of benzene rings is 2. The molecule has 2 heteroatoms. The Labute approximate surface area is 114 Å². The maximum Gasteiger partial charge on any atom is 0.135 e. The summed E-state index contributed by atoms with van der Waals surface area (Å²) < 4.78 is 0. The number of hydrogen-bond acceptors (Lipinski definition) is 2. The lowest BCUT2D eigenvalue weighted by Gasteiger charge is -2.32. The van der Waals surface area contributed by atoms with Gasteiger partial charge in [-0.15, -0.1) is 0 Å². The second kappa shape index (κ2) is 5.14. The van der Waals surface area contributed by atoms with Gasteiger partial charge in [-0.25, -0.2) is 0 Å². The minimum absolute atomic E-state index is 0.374. The monoisotopic (exact) mass is 253 g/mol. The quantitative estimate of drug-likeness (QED) is 0.815. The van der Waals surface area contributed by atoms with E-state index in [1.54, 1.807) is 0 Å². The van der Waals surface area contributed by atoms with Crippen LogP contribution in [0.3, 0.4) is 0 Å². The van der Waals surface area contributed by atoms with Crippen LogP contribution in [0.4, 0.5) is 0 Å². The molecule has 0 N–H and O–H groups in total. The van der Waals surface area contributed by atoms with Crippen molar-refractivity contribution >= 4 is 16.6 Å². The number of hydrogen-bond donors (Lipinski definition) is 0. The molecule has 0 aliphatic carbocycles. The summed E-state index contributed by atoms with van der Waals surface area (Å²) in [5, 5.41) is 2.62. The van der Waals surface area contributed by atoms with Crippen LogP contribution < -0.4 is 0 Å². The van der Waals surface area contributed by atoms with Gasteiger partial charge in [0.2, 0.25) is 0 Å². The first kappa shape index (κ1) is 12.4. The largest absolute Gasteiger partial charge is 0.300 e. The average molecular weight is 253 g/mol. The Morgan fingerprint density at radius 3 is 2.47 bits per heavy atom. The zero-order valence-electron chi connectivity index (χ0n) is 11.3. The summed E-state index contributed by atoms with van der Waals surface area (Å²) in [5.41, 5.74) is 1.37. The lowest BCUT2D eigenvalue weighted by molar-refractivity contribution is -0.121. The molecule has 1 aliphatic heterocycles. The van der Waals surface area contributed by atoms with Crippen molar-refractivity contribution in [3.05, 3.63) is 48.0 Å². The maximum absolute atomic E-state index is 11.4. The molecule has 0 saturated carbocycles. The van der Waals surface area contributed by atoms with Crippen molar-refractivity contribution in [3.8, 4) is 0 Å². The van der Waals surface area contributed by atoms with E-state index in [0.717, 1.165) is 13.1 Å². The zero-order chi connectivity index (χ0) is 13.2. The number of nitrogens with zero attached hydrogens (tertiary/aromatic N) is 1. The molecule has 0 bridgehead atoms. The van der Waals surface area contributed by atoms with E-state index in [-0.39, 0.29) is 0 Å².